The van der Waals surface area contributed by atoms with Gasteiger partial charge in [-0.1, -0.05) is 6.42 Å². The van der Waals surface area contributed by atoms with Crippen molar-refractivity contribution in [2.75, 3.05) is 26.7 Å². The molecule has 1 saturated heterocycles. The van der Waals surface area contributed by atoms with Crippen molar-refractivity contribution in [3.8, 4) is 0 Å². The Morgan fingerprint density at radius 3 is 3.00 bits per heavy atom. The Bertz CT molecular complexity index is 604. The molecule has 0 aromatic heterocycles. The summed E-state index contributed by atoms with van der Waals surface area (Å²) in [7, 11) is 2.15. The SMILES string of the molecule is CN1CCCCC(N2CCc3cc(C(=O)NO)cc(F)c3C2)C1.[HH].[HH]. The van der Waals surface area contributed by atoms with Crippen LogP contribution in [-0.2, 0) is 13.0 Å². The first-order valence-electron chi connectivity index (χ1n) is 8.27. The third-order valence-electron chi connectivity index (χ3n) is 5.05. The first-order chi connectivity index (χ1) is 11.1. The van der Waals surface area contributed by atoms with E-state index in [1.165, 1.54) is 18.9 Å². The number of likely N-dealkylation sites (N-methyl/N-ethyl adjacent to an activating group) is 1. The molecular weight excluding hydrogens is 297 g/mol. The summed E-state index contributed by atoms with van der Waals surface area (Å²) in [5, 5.41) is 8.71. The fourth-order valence-corrected chi connectivity index (χ4v) is 3.75. The number of benzene rings is 1. The van der Waals surface area contributed by atoms with Crippen molar-refractivity contribution < 1.29 is 17.2 Å². The highest BCUT2D eigenvalue weighted by Crippen LogP contribution is 2.27. The van der Waals surface area contributed by atoms with E-state index in [9.17, 15) is 9.18 Å². The maximum Gasteiger partial charge on any atom is 0.274 e. The van der Waals surface area contributed by atoms with Gasteiger partial charge in [0.2, 0.25) is 0 Å². The normalized spacial score (nSPS) is 23.2. The van der Waals surface area contributed by atoms with Gasteiger partial charge in [0, 0.05) is 39.7 Å². The zero-order valence-corrected chi connectivity index (χ0v) is 13.5. The molecule has 0 spiro atoms. The Morgan fingerprint density at radius 1 is 1.39 bits per heavy atom. The molecule has 1 unspecified atom stereocenters. The second-order valence-corrected chi connectivity index (χ2v) is 6.67. The van der Waals surface area contributed by atoms with Crippen molar-refractivity contribution in [2.24, 2.45) is 0 Å². The third-order valence-corrected chi connectivity index (χ3v) is 5.05. The predicted octanol–water partition coefficient (Wildman–Crippen LogP) is 2.28. The lowest BCUT2D eigenvalue weighted by molar-refractivity contribution is 0.0705. The molecule has 1 atom stereocenters. The van der Waals surface area contributed by atoms with Crippen molar-refractivity contribution in [1.29, 1.82) is 0 Å². The molecular formula is C17H28FN3O2. The molecule has 2 heterocycles. The molecule has 0 bridgehead atoms. The van der Waals surface area contributed by atoms with Crippen molar-refractivity contribution in [2.45, 2.75) is 38.3 Å². The van der Waals surface area contributed by atoms with Crippen LogP contribution < -0.4 is 5.48 Å². The Balaban J connectivity index is 0.00000156. The first kappa shape index (κ1) is 16.4. The number of nitrogens with zero attached hydrogens (tertiary/aromatic N) is 2. The molecule has 2 aliphatic rings. The quantitative estimate of drug-likeness (QED) is 0.647. The van der Waals surface area contributed by atoms with Crippen molar-refractivity contribution >= 4 is 5.91 Å². The van der Waals surface area contributed by atoms with Gasteiger partial charge in [0.05, 0.1) is 0 Å². The molecule has 1 amide bonds. The third kappa shape index (κ3) is 3.54. The molecule has 2 aliphatic heterocycles. The number of hydroxylamine groups is 1. The number of carbonyl (C=O) groups excluding carboxylic acids is 1. The van der Waals surface area contributed by atoms with E-state index in [1.807, 2.05) is 0 Å². The van der Waals surface area contributed by atoms with Gasteiger partial charge in [-0.15, -0.1) is 0 Å². The fourth-order valence-electron chi connectivity index (χ4n) is 3.75. The molecule has 5 nitrogen and oxygen atoms in total. The van der Waals surface area contributed by atoms with Crippen LogP contribution in [0.2, 0.25) is 0 Å². The molecule has 3 rings (SSSR count). The second-order valence-electron chi connectivity index (χ2n) is 6.67. The topological polar surface area (TPSA) is 55.8 Å². The summed E-state index contributed by atoms with van der Waals surface area (Å²) in [5.41, 5.74) is 3.31. The predicted molar refractivity (Wildman–Crippen MR) is 89.1 cm³/mol. The summed E-state index contributed by atoms with van der Waals surface area (Å²) in [6.07, 6.45) is 4.34. The number of likely N-dealkylation sites (tertiary alicyclic amines) is 1. The Hall–Kier alpha value is -1.50. The number of fused-ring (bicyclic) bond motifs is 1. The summed E-state index contributed by atoms with van der Waals surface area (Å²) in [5.74, 6) is -1.02. The fraction of sp³-hybridized carbons (Fsp3) is 0.588. The summed E-state index contributed by atoms with van der Waals surface area (Å²) in [4.78, 5) is 16.2. The van der Waals surface area contributed by atoms with Crippen LogP contribution in [0.5, 0.6) is 0 Å². The van der Waals surface area contributed by atoms with Crippen molar-refractivity contribution in [3.63, 3.8) is 0 Å². The Morgan fingerprint density at radius 2 is 2.22 bits per heavy atom. The van der Waals surface area contributed by atoms with Gasteiger partial charge in [-0.05, 0) is 50.6 Å². The van der Waals surface area contributed by atoms with Crippen LogP contribution in [0, 0.1) is 5.82 Å². The van der Waals surface area contributed by atoms with E-state index in [-0.39, 0.29) is 14.2 Å². The minimum Gasteiger partial charge on any atom is -0.305 e. The summed E-state index contributed by atoms with van der Waals surface area (Å²) < 4.78 is 14.4. The Labute approximate surface area is 139 Å². The number of hydrogen-bond acceptors (Lipinski definition) is 4. The summed E-state index contributed by atoms with van der Waals surface area (Å²) in [6.45, 7) is 3.65. The van der Waals surface area contributed by atoms with Gasteiger partial charge >= 0.3 is 0 Å². The zero-order chi connectivity index (χ0) is 16.4. The van der Waals surface area contributed by atoms with E-state index in [4.69, 9.17) is 5.21 Å². The molecule has 1 fully saturated rings. The van der Waals surface area contributed by atoms with Gasteiger partial charge < -0.3 is 4.90 Å². The van der Waals surface area contributed by atoms with Crippen LogP contribution in [0.3, 0.4) is 0 Å². The van der Waals surface area contributed by atoms with Crippen molar-refractivity contribution in [3.05, 3.63) is 34.6 Å². The molecule has 0 saturated carbocycles. The van der Waals surface area contributed by atoms with Crippen molar-refractivity contribution in [1.82, 2.24) is 15.3 Å². The lowest BCUT2D eigenvalue weighted by Crippen LogP contribution is -2.44. The molecule has 0 radical (unpaired) electrons. The number of rotatable bonds is 2. The van der Waals surface area contributed by atoms with E-state index in [2.05, 4.69) is 16.8 Å². The molecule has 1 aromatic rings. The van der Waals surface area contributed by atoms with Crippen LogP contribution >= 0.6 is 0 Å². The molecule has 23 heavy (non-hydrogen) atoms. The average molecular weight is 325 g/mol. The van der Waals surface area contributed by atoms with E-state index in [0.717, 1.165) is 38.0 Å². The maximum absolute atomic E-state index is 14.4. The monoisotopic (exact) mass is 325 g/mol. The van der Waals surface area contributed by atoms with Crippen LogP contribution in [0.25, 0.3) is 0 Å². The molecule has 2 N–H and O–H groups in total. The van der Waals surface area contributed by atoms with Gasteiger partial charge in [-0.2, -0.15) is 0 Å². The largest absolute Gasteiger partial charge is 0.305 e. The van der Waals surface area contributed by atoms with Gasteiger partial charge in [0.15, 0.2) is 0 Å². The lowest BCUT2D eigenvalue weighted by Gasteiger charge is -2.36. The Kier molecular flexibility index (Phi) is 4.94. The smallest absolute Gasteiger partial charge is 0.274 e. The van der Waals surface area contributed by atoms with E-state index < -0.39 is 5.91 Å². The second kappa shape index (κ2) is 6.95. The minimum atomic E-state index is -0.667. The van der Waals surface area contributed by atoms with Gasteiger partial charge in [-0.3, -0.25) is 14.9 Å². The van der Waals surface area contributed by atoms with Gasteiger partial charge in [0.25, 0.3) is 5.91 Å². The average Bonchev–Trinajstić information content (AvgIpc) is 2.78. The van der Waals surface area contributed by atoms with E-state index >= 15 is 0 Å². The van der Waals surface area contributed by atoms with Crippen LogP contribution in [-0.4, -0.2) is 53.6 Å². The molecule has 130 valence electrons. The highest BCUT2D eigenvalue weighted by Gasteiger charge is 2.28. The molecule has 0 aliphatic carbocycles. The van der Waals surface area contributed by atoms with Crippen LogP contribution in [0.15, 0.2) is 12.1 Å². The highest BCUT2D eigenvalue weighted by molar-refractivity contribution is 5.93. The van der Waals surface area contributed by atoms with E-state index in [0.29, 0.717) is 18.2 Å². The number of halogens is 1. The molecule has 1 aromatic carbocycles. The number of amides is 1. The zero-order valence-electron chi connectivity index (χ0n) is 13.5. The lowest BCUT2D eigenvalue weighted by atomic mass is 9.94. The van der Waals surface area contributed by atoms with E-state index in [1.54, 1.807) is 11.5 Å². The number of carbonyl (C=O) groups is 1. The molecule has 6 heteroatoms. The summed E-state index contributed by atoms with van der Waals surface area (Å²) in [6, 6.07) is 3.38. The highest BCUT2D eigenvalue weighted by atomic mass is 19.1. The number of hydrogen-bond donors (Lipinski definition) is 2. The van der Waals surface area contributed by atoms with Crippen LogP contribution in [0.1, 0.15) is 43.6 Å². The minimum absolute atomic E-state index is 0. The van der Waals surface area contributed by atoms with Gasteiger partial charge in [0.1, 0.15) is 5.82 Å². The number of nitrogens with one attached hydrogen (secondary N) is 1. The standard InChI is InChI=1S/C17H24FN3O2.2H2/c1-20-6-3-2-4-14(10-20)21-7-5-12-8-13(17(22)19-23)9-16(18)15(12)11-21;;/h8-9,14,23H,2-7,10-11H2,1H3,(H,19,22);2*1H. The maximum atomic E-state index is 14.4. The first-order valence-corrected chi connectivity index (χ1v) is 8.27. The van der Waals surface area contributed by atoms with Gasteiger partial charge in [-0.25, -0.2) is 9.87 Å². The van der Waals surface area contributed by atoms with Crippen LogP contribution in [0.4, 0.5) is 4.39 Å². The summed E-state index contributed by atoms with van der Waals surface area (Å²) >= 11 is 0.